The highest BCUT2D eigenvalue weighted by Gasteiger charge is 2.29. The molecule has 0 bridgehead atoms. The van der Waals surface area contributed by atoms with Crippen LogP contribution in [0.4, 0.5) is 11.4 Å². The predicted molar refractivity (Wildman–Crippen MR) is 112 cm³/mol. The third kappa shape index (κ3) is 5.35. The maximum atomic E-state index is 12.4. The summed E-state index contributed by atoms with van der Waals surface area (Å²) < 4.78 is 5.76. The van der Waals surface area contributed by atoms with Crippen LogP contribution in [0.1, 0.15) is 46.1 Å². The molecule has 2 amide bonds. The van der Waals surface area contributed by atoms with E-state index in [9.17, 15) is 9.59 Å². The zero-order valence-corrected chi connectivity index (χ0v) is 16.9. The van der Waals surface area contributed by atoms with E-state index in [0.29, 0.717) is 11.4 Å². The monoisotopic (exact) mass is 380 g/mol. The van der Waals surface area contributed by atoms with Crippen molar-refractivity contribution in [3.8, 4) is 5.75 Å². The first-order valence-corrected chi connectivity index (χ1v) is 9.71. The van der Waals surface area contributed by atoms with Crippen LogP contribution in [-0.2, 0) is 15.0 Å². The van der Waals surface area contributed by atoms with Gasteiger partial charge >= 0.3 is 0 Å². The highest BCUT2D eigenvalue weighted by atomic mass is 16.5. The molecule has 28 heavy (non-hydrogen) atoms. The van der Waals surface area contributed by atoms with E-state index in [1.54, 1.807) is 31.2 Å². The second-order valence-electron chi connectivity index (χ2n) is 8.36. The molecule has 1 saturated carbocycles. The fourth-order valence-corrected chi connectivity index (χ4v) is 2.76. The predicted octanol–water partition coefficient (Wildman–Crippen LogP) is 4.74. The van der Waals surface area contributed by atoms with Crippen LogP contribution < -0.4 is 15.4 Å². The van der Waals surface area contributed by atoms with Gasteiger partial charge in [0.05, 0.1) is 0 Å². The molecule has 1 fully saturated rings. The summed E-state index contributed by atoms with van der Waals surface area (Å²) >= 11 is 0. The number of benzene rings is 2. The van der Waals surface area contributed by atoms with E-state index in [-0.39, 0.29) is 23.1 Å². The molecule has 1 atom stereocenters. The van der Waals surface area contributed by atoms with Crippen molar-refractivity contribution in [2.75, 3.05) is 10.6 Å². The molecular formula is C23H28N2O3. The van der Waals surface area contributed by atoms with E-state index < -0.39 is 6.10 Å². The molecule has 0 aromatic heterocycles. The Morgan fingerprint density at radius 2 is 1.46 bits per heavy atom. The molecular weight excluding hydrogens is 352 g/mol. The second kappa shape index (κ2) is 8.05. The molecule has 0 radical (unpaired) electrons. The van der Waals surface area contributed by atoms with Crippen LogP contribution in [0.5, 0.6) is 5.75 Å². The van der Waals surface area contributed by atoms with Gasteiger partial charge in [0.1, 0.15) is 5.75 Å². The lowest BCUT2D eigenvalue weighted by Crippen LogP contribution is -2.30. The molecule has 0 heterocycles. The molecule has 2 N–H and O–H groups in total. The summed E-state index contributed by atoms with van der Waals surface area (Å²) in [5, 5.41) is 5.72. The van der Waals surface area contributed by atoms with Crippen LogP contribution >= 0.6 is 0 Å². The molecule has 0 saturated heterocycles. The fourth-order valence-electron chi connectivity index (χ4n) is 2.76. The first-order valence-electron chi connectivity index (χ1n) is 9.71. The summed E-state index contributed by atoms with van der Waals surface area (Å²) in [4.78, 5) is 24.2. The Labute approximate surface area is 166 Å². The summed E-state index contributed by atoms with van der Waals surface area (Å²) in [5.74, 6) is 0.662. The van der Waals surface area contributed by atoms with Gasteiger partial charge < -0.3 is 15.4 Å². The van der Waals surface area contributed by atoms with E-state index in [1.807, 2.05) is 24.3 Å². The minimum absolute atomic E-state index is 0.0660. The largest absolute Gasteiger partial charge is 0.481 e. The van der Waals surface area contributed by atoms with E-state index in [1.165, 1.54) is 5.56 Å². The molecule has 5 nitrogen and oxygen atoms in total. The highest BCUT2D eigenvalue weighted by molar-refractivity contribution is 5.96. The number of ether oxygens (including phenoxy) is 1. The minimum Gasteiger partial charge on any atom is -0.481 e. The fraction of sp³-hybridized carbons (Fsp3) is 0.391. The number of anilines is 2. The summed E-state index contributed by atoms with van der Waals surface area (Å²) in [7, 11) is 0. The van der Waals surface area contributed by atoms with Crippen LogP contribution in [0, 0.1) is 5.92 Å². The quantitative estimate of drug-likeness (QED) is 0.761. The Hall–Kier alpha value is -2.82. The third-order valence-corrected chi connectivity index (χ3v) is 4.77. The Bertz CT molecular complexity index is 832. The standard InChI is InChI=1S/C23H28N2O3/c1-15(28-20-13-7-17(8-14-20)23(2,3)4)21(26)24-18-9-11-19(12-10-18)25-22(27)16-5-6-16/h7-16H,5-6H2,1-4H3,(H,24,26)(H,25,27)/t15-/m1/s1. The first kappa shape index (κ1) is 19.9. The van der Waals surface area contributed by atoms with Crippen molar-refractivity contribution in [1.29, 1.82) is 0 Å². The van der Waals surface area contributed by atoms with Crippen LogP contribution in [0.15, 0.2) is 48.5 Å². The number of hydrogen-bond donors (Lipinski definition) is 2. The molecule has 0 unspecified atom stereocenters. The second-order valence-corrected chi connectivity index (χ2v) is 8.36. The zero-order valence-electron chi connectivity index (χ0n) is 16.9. The Morgan fingerprint density at radius 1 is 0.929 bits per heavy atom. The number of amides is 2. The van der Waals surface area contributed by atoms with Gasteiger partial charge in [0.15, 0.2) is 6.10 Å². The van der Waals surface area contributed by atoms with Crippen molar-refractivity contribution in [2.45, 2.75) is 52.1 Å². The molecule has 5 heteroatoms. The first-order chi connectivity index (χ1) is 13.2. The molecule has 148 valence electrons. The number of carbonyl (C=O) groups is 2. The van der Waals surface area contributed by atoms with Crippen molar-refractivity contribution in [3.05, 3.63) is 54.1 Å². The van der Waals surface area contributed by atoms with Gasteiger partial charge in [-0.3, -0.25) is 9.59 Å². The van der Waals surface area contributed by atoms with Crippen molar-refractivity contribution >= 4 is 23.2 Å². The van der Waals surface area contributed by atoms with Gasteiger partial charge in [-0.15, -0.1) is 0 Å². The van der Waals surface area contributed by atoms with E-state index in [0.717, 1.165) is 18.5 Å². The van der Waals surface area contributed by atoms with Crippen LogP contribution in [0.3, 0.4) is 0 Å². The average molecular weight is 380 g/mol. The van der Waals surface area contributed by atoms with E-state index in [2.05, 4.69) is 31.4 Å². The molecule has 1 aliphatic rings. The molecule has 0 aliphatic heterocycles. The molecule has 3 rings (SSSR count). The maximum Gasteiger partial charge on any atom is 0.265 e. The minimum atomic E-state index is -0.630. The number of hydrogen-bond acceptors (Lipinski definition) is 3. The summed E-state index contributed by atoms with van der Waals surface area (Å²) in [6.07, 6.45) is 1.31. The molecule has 2 aromatic rings. The van der Waals surface area contributed by atoms with E-state index >= 15 is 0 Å². The summed E-state index contributed by atoms with van der Waals surface area (Å²) in [6, 6.07) is 14.9. The number of carbonyl (C=O) groups excluding carboxylic acids is 2. The van der Waals surface area contributed by atoms with E-state index in [4.69, 9.17) is 4.74 Å². The Morgan fingerprint density at radius 3 is 1.96 bits per heavy atom. The summed E-state index contributed by atoms with van der Waals surface area (Å²) in [6.45, 7) is 8.18. The van der Waals surface area contributed by atoms with Gasteiger partial charge in [0.25, 0.3) is 5.91 Å². The lowest BCUT2D eigenvalue weighted by atomic mass is 9.87. The summed E-state index contributed by atoms with van der Waals surface area (Å²) in [5.41, 5.74) is 2.68. The van der Waals surface area contributed by atoms with Gasteiger partial charge in [-0.2, -0.15) is 0 Å². The van der Waals surface area contributed by atoms with Crippen LogP contribution in [-0.4, -0.2) is 17.9 Å². The van der Waals surface area contributed by atoms with Gasteiger partial charge in [-0.25, -0.2) is 0 Å². The number of rotatable bonds is 6. The van der Waals surface area contributed by atoms with Gasteiger partial charge in [-0.05, 0) is 67.1 Å². The Kier molecular flexibility index (Phi) is 5.73. The SMILES string of the molecule is C[C@@H](Oc1ccc(C(C)(C)C)cc1)C(=O)Nc1ccc(NC(=O)C2CC2)cc1. The third-order valence-electron chi connectivity index (χ3n) is 4.77. The highest BCUT2D eigenvalue weighted by Crippen LogP contribution is 2.30. The van der Waals surface area contributed by atoms with Crippen molar-refractivity contribution in [3.63, 3.8) is 0 Å². The van der Waals surface area contributed by atoms with Crippen molar-refractivity contribution in [2.24, 2.45) is 5.92 Å². The smallest absolute Gasteiger partial charge is 0.265 e. The lowest BCUT2D eigenvalue weighted by molar-refractivity contribution is -0.122. The lowest BCUT2D eigenvalue weighted by Gasteiger charge is -2.20. The topological polar surface area (TPSA) is 67.4 Å². The van der Waals surface area contributed by atoms with Gasteiger partial charge in [0.2, 0.25) is 5.91 Å². The molecule has 0 spiro atoms. The maximum absolute atomic E-state index is 12.4. The van der Waals surface area contributed by atoms with Gasteiger partial charge in [-0.1, -0.05) is 32.9 Å². The normalized spacial score (nSPS) is 14.9. The molecule has 2 aromatic carbocycles. The van der Waals surface area contributed by atoms with Crippen LogP contribution in [0.25, 0.3) is 0 Å². The van der Waals surface area contributed by atoms with Gasteiger partial charge in [0, 0.05) is 17.3 Å². The Balaban J connectivity index is 1.52. The molecule has 1 aliphatic carbocycles. The number of nitrogens with one attached hydrogen (secondary N) is 2. The van der Waals surface area contributed by atoms with Crippen LogP contribution in [0.2, 0.25) is 0 Å². The zero-order chi connectivity index (χ0) is 20.3. The average Bonchev–Trinajstić information content (AvgIpc) is 3.48. The van der Waals surface area contributed by atoms with Crippen molar-refractivity contribution in [1.82, 2.24) is 0 Å². The van der Waals surface area contributed by atoms with Crippen molar-refractivity contribution < 1.29 is 14.3 Å².